The molecular weight excluding hydrogens is 559 g/mol. The maximum absolute atomic E-state index is 14.2. The van der Waals surface area contributed by atoms with Crippen LogP contribution in [-0.4, -0.2) is 73.2 Å². The zero-order valence-corrected chi connectivity index (χ0v) is 25.2. The highest BCUT2D eigenvalue weighted by Crippen LogP contribution is 2.39. The van der Waals surface area contributed by atoms with E-state index in [1.54, 1.807) is 45.8 Å². The number of likely N-dealkylation sites (N-methyl/N-ethyl adjacent to an activating group) is 1. The highest BCUT2D eigenvalue weighted by atomic mass is 32.1. The molecular formula is C31H35FN4O5S. The molecule has 0 atom stereocenters. The van der Waals surface area contributed by atoms with Gasteiger partial charge in [-0.25, -0.2) is 9.18 Å². The van der Waals surface area contributed by atoms with Crippen LogP contribution in [0.3, 0.4) is 0 Å². The normalized spacial score (nSPS) is 11.4. The summed E-state index contributed by atoms with van der Waals surface area (Å²) in [5.74, 6) is -0.0975. The van der Waals surface area contributed by atoms with Crippen LogP contribution in [0.15, 0.2) is 53.9 Å². The first-order valence-electron chi connectivity index (χ1n) is 13.5. The number of aromatic nitrogens is 2. The molecule has 4 aromatic rings. The van der Waals surface area contributed by atoms with E-state index in [2.05, 4.69) is 15.5 Å². The van der Waals surface area contributed by atoms with Gasteiger partial charge in [0, 0.05) is 43.2 Å². The van der Waals surface area contributed by atoms with Gasteiger partial charge in [0.15, 0.2) is 0 Å². The van der Waals surface area contributed by atoms with Gasteiger partial charge in [-0.3, -0.25) is 4.79 Å². The first-order valence-corrected chi connectivity index (χ1v) is 14.4. The Morgan fingerprint density at radius 1 is 1.00 bits per heavy atom. The SMILES string of the molecule is CN(C)C(=O)Cc1cccc(-c2nnc(-c3ccc(F)cc3OCCOCCNC(=O)OC(C)(C)C)c3sccc23)c1. The maximum atomic E-state index is 14.2. The standard InChI is InChI=1S/C31H35FN4O5S/c1-31(2,3)41-30(38)33-12-13-39-14-15-40-25-19-22(32)9-10-23(25)28-29-24(11-16-42-29)27(34-35-28)21-8-6-7-20(17-21)18-26(37)36(4)5/h6-11,16-17,19H,12-15,18H2,1-5H3,(H,33,38). The molecule has 2 aromatic heterocycles. The highest BCUT2D eigenvalue weighted by Gasteiger charge is 2.19. The number of halogens is 1. The van der Waals surface area contributed by atoms with Crippen molar-refractivity contribution in [1.29, 1.82) is 0 Å². The summed E-state index contributed by atoms with van der Waals surface area (Å²) in [4.78, 5) is 25.5. The lowest BCUT2D eigenvalue weighted by Gasteiger charge is -2.19. The number of rotatable bonds is 11. The molecule has 1 N–H and O–H groups in total. The molecule has 4 rings (SSSR count). The molecule has 0 aliphatic heterocycles. The second kappa shape index (κ2) is 13.7. The van der Waals surface area contributed by atoms with E-state index < -0.39 is 17.5 Å². The third-order valence-electron chi connectivity index (χ3n) is 6.04. The smallest absolute Gasteiger partial charge is 0.407 e. The van der Waals surface area contributed by atoms with Crippen molar-refractivity contribution in [3.63, 3.8) is 0 Å². The third kappa shape index (κ3) is 8.23. The van der Waals surface area contributed by atoms with E-state index in [1.165, 1.54) is 23.5 Å². The summed E-state index contributed by atoms with van der Waals surface area (Å²) in [5, 5.41) is 14.6. The zero-order valence-electron chi connectivity index (χ0n) is 24.4. The van der Waals surface area contributed by atoms with Gasteiger partial charge in [0.2, 0.25) is 5.91 Å². The fourth-order valence-electron chi connectivity index (χ4n) is 4.09. The fraction of sp³-hybridized carbons (Fsp3) is 0.355. The molecule has 0 spiro atoms. The molecule has 11 heteroatoms. The van der Waals surface area contributed by atoms with E-state index in [1.807, 2.05) is 35.7 Å². The van der Waals surface area contributed by atoms with Gasteiger partial charge in [-0.2, -0.15) is 0 Å². The minimum Gasteiger partial charge on any atom is -0.490 e. The van der Waals surface area contributed by atoms with Gasteiger partial charge < -0.3 is 24.4 Å². The van der Waals surface area contributed by atoms with Gasteiger partial charge in [-0.15, -0.1) is 21.5 Å². The molecule has 0 unspecified atom stereocenters. The van der Waals surface area contributed by atoms with Gasteiger partial charge in [-0.05, 0) is 56.0 Å². The van der Waals surface area contributed by atoms with Gasteiger partial charge in [0.1, 0.15) is 35.2 Å². The Hall–Kier alpha value is -4.09. The van der Waals surface area contributed by atoms with Crippen molar-refractivity contribution >= 4 is 33.4 Å². The first kappa shape index (κ1) is 30.9. The molecule has 222 valence electrons. The summed E-state index contributed by atoms with van der Waals surface area (Å²) >= 11 is 1.51. The van der Waals surface area contributed by atoms with E-state index in [4.69, 9.17) is 14.2 Å². The van der Waals surface area contributed by atoms with Crippen molar-refractivity contribution in [1.82, 2.24) is 20.4 Å². The topological polar surface area (TPSA) is 103 Å². The number of ether oxygens (including phenoxy) is 3. The zero-order chi connectivity index (χ0) is 30.3. The molecule has 0 saturated heterocycles. The number of nitrogens with zero attached hydrogens (tertiary/aromatic N) is 3. The van der Waals surface area contributed by atoms with E-state index in [9.17, 15) is 14.0 Å². The molecule has 42 heavy (non-hydrogen) atoms. The van der Waals surface area contributed by atoms with E-state index in [0.717, 1.165) is 21.2 Å². The van der Waals surface area contributed by atoms with Crippen molar-refractivity contribution in [3.8, 4) is 28.3 Å². The van der Waals surface area contributed by atoms with Gasteiger partial charge in [0.05, 0.1) is 24.3 Å². The van der Waals surface area contributed by atoms with E-state index >= 15 is 0 Å². The molecule has 0 aliphatic carbocycles. The lowest BCUT2D eigenvalue weighted by molar-refractivity contribution is -0.127. The molecule has 9 nitrogen and oxygen atoms in total. The molecule has 2 aromatic carbocycles. The molecule has 2 amide bonds. The van der Waals surface area contributed by atoms with E-state index in [0.29, 0.717) is 29.1 Å². The molecule has 0 aliphatic rings. The Balaban J connectivity index is 1.46. The molecule has 0 bridgehead atoms. The molecule has 0 radical (unpaired) electrons. The van der Waals surface area contributed by atoms with E-state index in [-0.39, 0.29) is 32.3 Å². The summed E-state index contributed by atoms with van der Waals surface area (Å²) in [5.41, 5.74) is 3.07. The number of benzene rings is 2. The summed E-state index contributed by atoms with van der Waals surface area (Å²) in [6.07, 6.45) is -0.217. The van der Waals surface area contributed by atoms with Crippen molar-refractivity contribution < 1.29 is 28.2 Å². The predicted molar refractivity (Wildman–Crippen MR) is 161 cm³/mol. The Morgan fingerprint density at radius 3 is 2.55 bits per heavy atom. The van der Waals surface area contributed by atoms with Crippen molar-refractivity contribution in [2.75, 3.05) is 40.5 Å². The van der Waals surface area contributed by atoms with Gasteiger partial charge in [0.25, 0.3) is 0 Å². The van der Waals surface area contributed by atoms with Crippen LogP contribution in [0.4, 0.5) is 9.18 Å². The Labute approximate surface area is 248 Å². The summed E-state index contributed by atoms with van der Waals surface area (Å²) in [6, 6.07) is 14.0. The second-order valence-corrected chi connectivity index (χ2v) is 11.7. The Kier molecular flexibility index (Phi) is 10.1. The highest BCUT2D eigenvalue weighted by molar-refractivity contribution is 7.17. The largest absolute Gasteiger partial charge is 0.490 e. The number of nitrogens with one attached hydrogen (secondary N) is 1. The van der Waals surface area contributed by atoms with Crippen LogP contribution in [0.1, 0.15) is 26.3 Å². The number of hydrogen-bond acceptors (Lipinski definition) is 8. The summed E-state index contributed by atoms with van der Waals surface area (Å²) in [7, 11) is 3.47. The average molecular weight is 595 g/mol. The van der Waals surface area contributed by atoms with Gasteiger partial charge >= 0.3 is 6.09 Å². The number of carbonyl (C=O) groups is 2. The Bertz CT molecular complexity index is 1550. The summed E-state index contributed by atoms with van der Waals surface area (Å²) in [6.45, 7) is 6.33. The number of thiophene rings is 1. The number of fused-ring (bicyclic) bond motifs is 1. The molecule has 2 heterocycles. The van der Waals surface area contributed by atoms with Crippen LogP contribution in [0.25, 0.3) is 32.6 Å². The van der Waals surface area contributed by atoms with Crippen LogP contribution in [0.5, 0.6) is 5.75 Å². The number of alkyl carbamates (subject to hydrolysis) is 1. The van der Waals surface area contributed by atoms with Crippen molar-refractivity contribution in [2.24, 2.45) is 0 Å². The third-order valence-corrected chi connectivity index (χ3v) is 6.96. The Morgan fingerprint density at radius 2 is 1.79 bits per heavy atom. The lowest BCUT2D eigenvalue weighted by atomic mass is 10.0. The van der Waals surface area contributed by atoms with Crippen LogP contribution in [0, 0.1) is 5.82 Å². The van der Waals surface area contributed by atoms with Crippen molar-refractivity contribution in [3.05, 3.63) is 65.3 Å². The lowest BCUT2D eigenvalue weighted by Crippen LogP contribution is -2.34. The quantitative estimate of drug-likeness (QED) is 0.222. The molecule has 0 saturated carbocycles. The van der Waals surface area contributed by atoms with Crippen LogP contribution >= 0.6 is 11.3 Å². The first-order chi connectivity index (χ1) is 20.0. The number of carbonyl (C=O) groups excluding carboxylic acids is 2. The predicted octanol–water partition coefficient (Wildman–Crippen LogP) is 5.72. The van der Waals surface area contributed by atoms with Crippen LogP contribution < -0.4 is 10.1 Å². The molecule has 0 fully saturated rings. The van der Waals surface area contributed by atoms with Crippen LogP contribution in [0.2, 0.25) is 0 Å². The monoisotopic (exact) mass is 594 g/mol. The second-order valence-electron chi connectivity index (χ2n) is 10.8. The summed E-state index contributed by atoms with van der Waals surface area (Å²) < 4.78 is 31.7. The van der Waals surface area contributed by atoms with Crippen molar-refractivity contribution in [2.45, 2.75) is 32.8 Å². The average Bonchev–Trinajstić information content (AvgIpc) is 3.42. The number of amides is 2. The fourth-order valence-corrected chi connectivity index (χ4v) is 4.99. The van der Waals surface area contributed by atoms with Crippen LogP contribution in [-0.2, 0) is 20.7 Å². The number of hydrogen-bond donors (Lipinski definition) is 1. The minimum absolute atomic E-state index is 0.0148. The maximum Gasteiger partial charge on any atom is 0.407 e. The minimum atomic E-state index is -0.570. The van der Waals surface area contributed by atoms with Gasteiger partial charge in [-0.1, -0.05) is 18.2 Å².